The molecule has 7 heteroatoms. The molecule has 0 fully saturated rings. The zero-order chi connectivity index (χ0) is 20.4. The van der Waals surface area contributed by atoms with E-state index in [1.807, 2.05) is 32.0 Å². The van der Waals surface area contributed by atoms with Crippen molar-refractivity contribution in [2.75, 3.05) is 13.5 Å². The lowest BCUT2D eigenvalue weighted by Crippen LogP contribution is -2.33. The number of para-hydroxylation sites is 1. The Labute approximate surface area is 168 Å². The zero-order valence-corrected chi connectivity index (χ0v) is 19.1. The molecule has 0 amide bonds. The first-order valence-corrected chi connectivity index (χ1v) is 12.3. The quantitative estimate of drug-likeness (QED) is 0.460. The molecule has 0 saturated carbocycles. The highest BCUT2D eigenvalue weighted by atomic mass is 32.2. The Bertz CT molecular complexity index is 627. The maximum atomic E-state index is 13.5. The summed E-state index contributed by atoms with van der Waals surface area (Å²) in [5.74, 6) is 0.672. The van der Waals surface area contributed by atoms with Gasteiger partial charge in [0.05, 0.1) is 6.04 Å². The van der Waals surface area contributed by atoms with Crippen LogP contribution >= 0.6 is 19.3 Å². The molecule has 0 radical (unpaired) electrons. The number of aryl methyl sites for hydroxylation is 2. The number of hydrogen-bond donors (Lipinski definition) is 1. The van der Waals surface area contributed by atoms with Gasteiger partial charge in [0.25, 0.3) is 0 Å². The Morgan fingerprint density at radius 3 is 2.15 bits per heavy atom. The van der Waals surface area contributed by atoms with Crippen LogP contribution in [0.1, 0.15) is 58.6 Å². The van der Waals surface area contributed by atoms with Gasteiger partial charge in [-0.3, -0.25) is 9.36 Å². The van der Waals surface area contributed by atoms with Gasteiger partial charge in [0.15, 0.2) is 0 Å². The molecule has 1 unspecified atom stereocenters. The Balaban J connectivity index is 3.14. The van der Waals surface area contributed by atoms with Gasteiger partial charge in [0.2, 0.25) is 5.12 Å². The molecular weight excluding hydrogens is 381 g/mol. The fourth-order valence-corrected chi connectivity index (χ4v) is 5.35. The minimum Gasteiger partial charge on any atom is -0.431 e. The summed E-state index contributed by atoms with van der Waals surface area (Å²) in [5.41, 5.74) is 2.08. The molecule has 0 aliphatic heterocycles. The predicted molar refractivity (Wildman–Crippen MR) is 115 cm³/mol. The minimum absolute atomic E-state index is 0.0550. The summed E-state index contributed by atoms with van der Waals surface area (Å²) in [5, 5.41) is 3.04. The largest absolute Gasteiger partial charge is 0.431 e. The van der Waals surface area contributed by atoms with Gasteiger partial charge in [-0.05, 0) is 30.9 Å². The zero-order valence-electron chi connectivity index (χ0n) is 17.4. The van der Waals surface area contributed by atoms with Gasteiger partial charge < -0.3 is 9.26 Å². The topological polar surface area (TPSA) is 64.6 Å². The van der Waals surface area contributed by atoms with E-state index in [1.54, 1.807) is 6.92 Å². The monoisotopic (exact) mass is 415 g/mol. The van der Waals surface area contributed by atoms with Gasteiger partial charge in [0, 0.05) is 12.4 Å². The van der Waals surface area contributed by atoms with Crippen LogP contribution in [0.5, 0.6) is 5.75 Å². The number of benzene rings is 1. The third-order valence-corrected chi connectivity index (χ3v) is 6.76. The highest BCUT2D eigenvalue weighted by Gasteiger charge is 2.31. The van der Waals surface area contributed by atoms with Gasteiger partial charge in [-0.15, -0.1) is 0 Å². The maximum Gasteiger partial charge on any atom is 0.342 e. The molecule has 0 saturated heterocycles. The summed E-state index contributed by atoms with van der Waals surface area (Å²) < 4.78 is 24.7. The average Bonchev–Trinajstić information content (AvgIpc) is 2.57. The van der Waals surface area contributed by atoms with Crippen LogP contribution in [0.3, 0.4) is 0 Å². The first-order valence-electron chi connectivity index (χ1n) is 9.62. The molecule has 0 bridgehead atoms. The maximum absolute atomic E-state index is 13.5. The van der Waals surface area contributed by atoms with E-state index >= 15 is 0 Å². The van der Waals surface area contributed by atoms with E-state index in [0.717, 1.165) is 36.8 Å². The summed E-state index contributed by atoms with van der Waals surface area (Å²) in [6.45, 7) is 9.84. The number of carbonyl (C=O) groups excluding carboxylic acids is 1. The van der Waals surface area contributed by atoms with Crippen LogP contribution in [0.2, 0.25) is 0 Å². The Morgan fingerprint density at radius 2 is 1.70 bits per heavy atom. The molecular formula is C20H34NO4PS. The van der Waals surface area contributed by atoms with Gasteiger partial charge in [0.1, 0.15) is 12.1 Å². The average molecular weight is 416 g/mol. The molecule has 2 atom stereocenters. The lowest BCUT2D eigenvalue weighted by Gasteiger charge is -2.25. The molecule has 1 aromatic rings. The second-order valence-corrected chi connectivity index (χ2v) is 10.6. The third kappa shape index (κ3) is 7.98. The minimum atomic E-state index is -3.40. The van der Waals surface area contributed by atoms with Crippen LogP contribution in [-0.2, 0) is 26.9 Å². The number of rotatable bonds is 12. The molecule has 154 valence electrons. The van der Waals surface area contributed by atoms with Crippen molar-refractivity contribution in [1.82, 2.24) is 5.09 Å². The van der Waals surface area contributed by atoms with Gasteiger partial charge >= 0.3 is 7.52 Å². The van der Waals surface area contributed by atoms with Crippen molar-refractivity contribution in [3.05, 3.63) is 29.3 Å². The third-order valence-electron chi connectivity index (χ3n) is 3.85. The van der Waals surface area contributed by atoms with Gasteiger partial charge in [-0.25, -0.2) is 5.09 Å². The van der Waals surface area contributed by atoms with Gasteiger partial charge in [-0.1, -0.05) is 70.5 Å². The molecule has 0 aliphatic rings. The molecule has 0 aliphatic carbocycles. The molecule has 1 aromatic carbocycles. The summed E-state index contributed by atoms with van der Waals surface area (Å²) in [4.78, 5) is 12.3. The smallest absolute Gasteiger partial charge is 0.342 e. The van der Waals surface area contributed by atoms with E-state index in [-0.39, 0.29) is 16.7 Å². The van der Waals surface area contributed by atoms with Crippen molar-refractivity contribution in [3.63, 3.8) is 0 Å². The standard InChI is InChI=1S/C20H34NO4PS/c1-7-10-17-12-9-13-18(11-8-2)19(17)25-26(23,14-24-6)21-16(5)20(22)27-15(3)4/h9,12-13,15-16H,7-8,10-11,14H2,1-6H3,(H,21,23)/t16-,26?/m0/s1. The number of nitrogens with one attached hydrogen (secondary N) is 1. The highest BCUT2D eigenvalue weighted by Crippen LogP contribution is 2.46. The Kier molecular flexibility index (Phi) is 10.7. The molecule has 27 heavy (non-hydrogen) atoms. The Hall–Kier alpha value is -0.810. The summed E-state index contributed by atoms with van der Waals surface area (Å²) in [6.07, 6.45) is 3.53. The summed E-state index contributed by atoms with van der Waals surface area (Å²) >= 11 is 1.23. The normalized spacial score (nSPS) is 14.8. The summed E-state index contributed by atoms with van der Waals surface area (Å²) in [6, 6.07) is 5.45. The van der Waals surface area contributed by atoms with Crippen LogP contribution in [0.4, 0.5) is 0 Å². The van der Waals surface area contributed by atoms with Gasteiger partial charge in [-0.2, -0.15) is 0 Å². The molecule has 1 N–H and O–H groups in total. The van der Waals surface area contributed by atoms with Crippen molar-refractivity contribution in [2.24, 2.45) is 0 Å². The lowest BCUT2D eigenvalue weighted by atomic mass is 10.0. The molecule has 1 rings (SSSR count). The molecule has 0 heterocycles. The number of ether oxygens (including phenoxy) is 1. The van der Waals surface area contributed by atoms with E-state index < -0.39 is 13.6 Å². The first kappa shape index (κ1) is 24.2. The van der Waals surface area contributed by atoms with Crippen LogP contribution in [0.25, 0.3) is 0 Å². The lowest BCUT2D eigenvalue weighted by molar-refractivity contribution is -0.112. The number of thioether (sulfide) groups is 1. The van der Waals surface area contributed by atoms with Crippen molar-refractivity contribution < 1.29 is 18.6 Å². The van der Waals surface area contributed by atoms with E-state index in [4.69, 9.17) is 9.26 Å². The predicted octanol–water partition coefficient (Wildman–Crippen LogP) is 5.41. The summed E-state index contributed by atoms with van der Waals surface area (Å²) in [7, 11) is -1.92. The van der Waals surface area contributed by atoms with Crippen LogP contribution in [0, 0.1) is 0 Å². The first-order chi connectivity index (χ1) is 12.8. The van der Waals surface area contributed by atoms with Crippen LogP contribution in [0.15, 0.2) is 18.2 Å². The Morgan fingerprint density at radius 1 is 1.15 bits per heavy atom. The second-order valence-electron chi connectivity index (χ2n) is 6.92. The SMILES string of the molecule is CCCc1cccc(CCC)c1OP(=O)(COC)N[C@@H](C)C(=O)SC(C)C. The fourth-order valence-electron chi connectivity index (χ4n) is 2.78. The van der Waals surface area contributed by atoms with Crippen LogP contribution < -0.4 is 9.61 Å². The van der Waals surface area contributed by atoms with Crippen LogP contribution in [-0.4, -0.2) is 29.9 Å². The fraction of sp³-hybridized carbons (Fsp3) is 0.650. The van der Waals surface area contributed by atoms with E-state index in [1.165, 1.54) is 18.9 Å². The van der Waals surface area contributed by atoms with E-state index in [0.29, 0.717) is 5.75 Å². The number of methoxy groups -OCH3 is 1. The van der Waals surface area contributed by atoms with Crippen molar-refractivity contribution in [1.29, 1.82) is 0 Å². The van der Waals surface area contributed by atoms with Crippen molar-refractivity contribution in [2.45, 2.75) is 71.6 Å². The number of hydrogen-bond acceptors (Lipinski definition) is 5. The molecule has 0 spiro atoms. The van der Waals surface area contributed by atoms with Crippen molar-refractivity contribution in [3.8, 4) is 5.75 Å². The van der Waals surface area contributed by atoms with Crippen molar-refractivity contribution >= 4 is 24.4 Å². The van der Waals surface area contributed by atoms with E-state index in [2.05, 4.69) is 18.9 Å². The van der Waals surface area contributed by atoms with E-state index in [9.17, 15) is 9.36 Å². The number of carbonyl (C=O) groups is 1. The molecule has 0 aromatic heterocycles. The molecule has 5 nitrogen and oxygen atoms in total. The second kappa shape index (κ2) is 11.9. The highest BCUT2D eigenvalue weighted by molar-refractivity contribution is 8.14.